The molecule has 24 heavy (non-hydrogen) atoms. The lowest BCUT2D eigenvalue weighted by Crippen LogP contribution is -2.28. The summed E-state index contributed by atoms with van der Waals surface area (Å²) >= 11 is 0. The number of allylic oxidation sites excluding steroid dienone is 5. The number of fused-ring (bicyclic) bond motifs is 1. The van der Waals surface area contributed by atoms with Gasteiger partial charge in [0, 0.05) is 6.54 Å². The Morgan fingerprint density at radius 1 is 1.46 bits per heavy atom. The molecule has 6 nitrogen and oxygen atoms in total. The molecule has 6 heteroatoms. The number of carbonyl (C=O) groups is 1. The van der Waals surface area contributed by atoms with Crippen LogP contribution in [0.15, 0.2) is 43.0 Å². The Morgan fingerprint density at radius 3 is 2.88 bits per heavy atom. The first-order valence-corrected chi connectivity index (χ1v) is 7.71. The molecule has 2 aromatic rings. The van der Waals surface area contributed by atoms with Crippen molar-refractivity contribution in [2.24, 2.45) is 0 Å². The zero-order chi connectivity index (χ0) is 17.5. The number of nitrogens with one attached hydrogen (secondary N) is 3. The minimum absolute atomic E-state index is 0.307. The topological polar surface area (TPSA) is 79.0 Å². The van der Waals surface area contributed by atoms with Gasteiger partial charge in [0.15, 0.2) is 0 Å². The van der Waals surface area contributed by atoms with Gasteiger partial charge in [0.25, 0.3) is 0 Å². The molecule has 2 amide bonds. The van der Waals surface area contributed by atoms with E-state index < -0.39 is 0 Å². The van der Waals surface area contributed by atoms with Gasteiger partial charge in [0.2, 0.25) is 5.95 Å². The minimum Gasteiger partial charge on any atom is -0.494 e. The highest BCUT2D eigenvalue weighted by Crippen LogP contribution is 2.30. The van der Waals surface area contributed by atoms with Gasteiger partial charge >= 0.3 is 6.03 Å². The van der Waals surface area contributed by atoms with E-state index in [0.717, 1.165) is 16.7 Å². The number of anilines is 1. The summed E-state index contributed by atoms with van der Waals surface area (Å²) in [6.07, 6.45) is 7.58. The van der Waals surface area contributed by atoms with Crippen LogP contribution in [0.5, 0.6) is 5.75 Å². The largest absolute Gasteiger partial charge is 0.494 e. The molecule has 0 atom stereocenters. The number of amides is 2. The van der Waals surface area contributed by atoms with Gasteiger partial charge in [-0.3, -0.25) is 5.32 Å². The van der Waals surface area contributed by atoms with Crippen LogP contribution in [-0.2, 0) is 0 Å². The number of aromatic amines is 1. The normalized spacial score (nSPS) is 11.7. The van der Waals surface area contributed by atoms with E-state index in [1.54, 1.807) is 13.2 Å². The maximum absolute atomic E-state index is 11.6. The van der Waals surface area contributed by atoms with E-state index in [2.05, 4.69) is 27.2 Å². The monoisotopic (exact) mass is 326 g/mol. The number of H-pyrrole nitrogens is 1. The van der Waals surface area contributed by atoms with Gasteiger partial charge in [-0.1, -0.05) is 30.9 Å². The SMILES string of the molecule is C=C/C=C\C(=C/C)c1cc(OC)c2nc(NC(=O)NCC)[nH]c2c1. The van der Waals surface area contributed by atoms with Crippen LogP contribution in [0.25, 0.3) is 16.6 Å². The summed E-state index contributed by atoms with van der Waals surface area (Å²) in [6, 6.07) is 3.58. The van der Waals surface area contributed by atoms with Crippen LogP contribution in [0.4, 0.5) is 10.7 Å². The molecule has 1 heterocycles. The fraction of sp³-hybridized carbons (Fsp3) is 0.222. The number of carbonyl (C=O) groups excluding carboxylic acids is 1. The molecular weight excluding hydrogens is 304 g/mol. The molecule has 0 radical (unpaired) electrons. The molecule has 1 aromatic carbocycles. The molecule has 0 aliphatic carbocycles. The number of rotatable bonds is 6. The summed E-state index contributed by atoms with van der Waals surface area (Å²) in [5.74, 6) is 1.00. The van der Waals surface area contributed by atoms with Crippen molar-refractivity contribution in [3.05, 3.63) is 48.6 Å². The van der Waals surface area contributed by atoms with Crippen molar-refractivity contribution < 1.29 is 9.53 Å². The van der Waals surface area contributed by atoms with Gasteiger partial charge in [-0.05, 0) is 37.1 Å². The van der Waals surface area contributed by atoms with Crippen LogP contribution in [0.3, 0.4) is 0 Å². The van der Waals surface area contributed by atoms with Crippen LogP contribution >= 0.6 is 0 Å². The van der Waals surface area contributed by atoms with E-state index in [-0.39, 0.29) is 6.03 Å². The van der Waals surface area contributed by atoms with Gasteiger partial charge < -0.3 is 15.0 Å². The van der Waals surface area contributed by atoms with Crippen molar-refractivity contribution in [2.75, 3.05) is 19.0 Å². The molecule has 3 N–H and O–H groups in total. The Labute approximate surface area is 141 Å². The van der Waals surface area contributed by atoms with Crippen LogP contribution in [0, 0.1) is 0 Å². The number of benzene rings is 1. The fourth-order valence-corrected chi connectivity index (χ4v) is 2.31. The summed E-state index contributed by atoms with van der Waals surface area (Å²) in [5, 5.41) is 5.33. The van der Waals surface area contributed by atoms with Gasteiger partial charge in [-0.25, -0.2) is 9.78 Å². The summed E-state index contributed by atoms with van der Waals surface area (Å²) in [6.45, 7) is 8.05. The van der Waals surface area contributed by atoms with Crippen LogP contribution in [-0.4, -0.2) is 29.7 Å². The van der Waals surface area contributed by atoms with Crippen LogP contribution in [0.2, 0.25) is 0 Å². The standard InChI is InChI=1S/C18H22N4O2/c1-5-8-9-12(6-2)13-10-14-16(15(11-13)24-4)21-17(20-14)22-18(23)19-7-3/h5-6,8-11H,1,7H2,2-4H3,(H3,19,20,21,22,23)/b9-8-,12-6+. The number of hydrogen-bond acceptors (Lipinski definition) is 3. The summed E-state index contributed by atoms with van der Waals surface area (Å²) in [5.41, 5.74) is 3.45. The Kier molecular flexibility index (Phi) is 5.78. The summed E-state index contributed by atoms with van der Waals surface area (Å²) in [7, 11) is 1.60. The number of urea groups is 1. The predicted molar refractivity (Wildman–Crippen MR) is 98.3 cm³/mol. The molecule has 0 saturated carbocycles. The van der Waals surface area contributed by atoms with E-state index in [9.17, 15) is 4.79 Å². The number of hydrogen-bond donors (Lipinski definition) is 3. The molecule has 126 valence electrons. The van der Waals surface area contributed by atoms with E-state index >= 15 is 0 Å². The van der Waals surface area contributed by atoms with Crippen molar-refractivity contribution in [3.8, 4) is 5.75 Å². The van der Waals surface area contributed by atoms with E-state index in [4.69, 9.17) is 4.74 Å². The number of aromatic nitrogens is 2. The highest BCUT2D eigenvalue weighted by molar-refractivity contribution is 5.93. The highest BCUT2D eigenvalue weighted by Gasteiger charge is 2.12. The average Bonchev–Trinajstić information content (AvgIpc) is 2.97. The minimum atomic E-state index is -0.307. The van der Waals surface area contributed by atoms with Crippen molar-refractivity contribution in [3.63, 3.8) is 0 Å². The molecule has 0 saturated heterocycles. The molecular formula is C18H22N4O2. The predicted octanol–water partition coefficient (Wildman–Crippen LogP) is 3.86. The van der Waals surface area contributed by atoms with Crippen molar-refractivity contribution in [1.82, 2.24) is 15.3 Å². The maximum Gasteiger partial charge on any atom is 0.321 e. The average molecular weight is 326 g/mol. The Bertz CT molecular complexity index is 803. The molecule has 2 rings (SSSR count). The second kappa shape index (κ2) is 8.01. The van der Waals surface area contributed by atoms with Crippen LogP contribution < -0.4 is 15.4 Å². The zero-order valence-corrected chi connectivity index (χ0v) is 14.1. The smallest absolute Gasteiger partial charge is 0.321 e. The van der Waals surface area contributed by atoms with Crippen molar-refractivity contribution in [1.29, 1.82) is 0 Å². The second-order valence-electron chi connectivity index (χ2n) is 4.98. The molecule has 0 aliphatic heterocycles. The summed E-state index contributed by atoms with van der Waals surface area (Å²) in [4.78, 5) is 19.1. The number of ether oxygens (including phenoxy) is 1. The highest BCUT2D eigenvalue weighted by atomic mass is 16.5. The first-order valence-electron chi connectivity index (χ1n) is 7.71. The first kappa shape index (κ1) is 17.3. The Morgan fingerprint density at radius 2 is 2.25 bits per heavy atom. The van der Waals surface area contributed by atoms with Gasteiger partial charge in [0.05, 0.1) is 12.6 Å². The van der Waals surface area contributed by atoms with E-state index in [1.165, 1.54) is 0 Å². The lowest BCUT2D eigenvalue weighted by Gasteiger charge is -2.06. The molecule has 1 aromatic heterocycles. The van der Waals surface area contributed by atoms with E-state index in [1.807, 2.05) is 44.2 Å². The van der Waals surface area contributed by atoms with Gasteiger partial charge in [-0.2, -0.15) is 0 Å². The Hall–Kier alpha value is -3.02. The maximum atomic E-state index is 11.6. The van der Waals surface area contributed by atoms with Crippen molar-refractivity contribution >= 4 is 28.6 Å². The molecule has 0 fully saturated rings. The zero-order valence-electron chi connectivity index (χ0n) is 14.1. The third-order valence-corrected chi connectivity index (χ3v) is 3.40. The first-order chi connectivity index (χ1) is 11.6. The quantitative estimate of drug-likeness (QED) is 0.705. The lowest BCUT2D eigenvalue weighted by atomic mass is 10.0. The number of imidazole rings is 1. The summed E-state index contributed by atoms with van der Waals surface area (Å²) < 4.78 is 5.45. The Balaban J connectivity index is 2.45. The van der Waals surface area contributed by atoms with Crippen molar-refractivity contribution in [2.45, 2.75) is 13.8 Å². The molecule has 0 bridgehead atoms. The third kappa shape index (κ3) is 3.84. The number of nitrogens with zero attached hydrogens (tertiary/aromatic N) is 1. The number of methoxy groups -OCH3 is 1. The molecule has 0 spiro atoms. The van der Waals surface area contributed by atoms with Crippen LogP contribution in [0.1, 0.15) is 19.4 Å². The molecule has 0 unspecified atom stereocenters. The third-order valence-electron chi connectivity index (χ3n) is 3.40. The lowest BCUT2D eigenvalue weighted by molar-refractivity contribution is 0.252. The second-order valence-corrected chi connectivity index (χ2v) is 4.98. The van der Waals surface area contributed by atoms with Gasteiger partial charge in [0.1, 0.15) is 11.3 Å². The molecule has 0 aliphatic rings. The van der Waals surface area contributed by atoms with E-state index in [0.29, 0.717) is 23.8 Å². The van der Waals surface area contributed by atoms with Gasteiger partial charge in [-0.15, -0.1) is 0 Å². The fourth-order valence-electron chi connectivity index (χ4n) is 2.31.